The van der Waals surface area contributed by atoms with Crippen LogP contribution in [0.2, 0.25) is 0 Å². The summed E-state index contributed by atoms with van der Waals surface area (Å²) in [6.45, 7) is 0. The van der Waals surface area contributed by atoms with E-state index in [4.69, 9.17) is 4.74 Å². The van der Waals surface area contributed by atoms with Crippen molar-refractivity contribution in [3.05, 3.63) is 54.6 Å². The van der Waals surface area contributed by atoms with Crippen molar-refractivity contribution in [1.82, 2.24) is 0 Å². The molecule has 0 saturated heterocycles. The molecule has 0 aliphatic carbocycles. The zero-order chi connectivity index (χ0) is 11.4. The van der Waals surface area contributed by atoms with Crippen LogP contribution in [0.15, 0.2) is 54.6 Å². The Labute approximate surface area is 95.7 Å². The number of methoxy groups -OCH3 is 1. The van der Waals surface area contributed by atoms with Crippen LogP contribution in [0.1, 0.15) is 0 Å². The molecule has 2 aromatic carbocycles. The lowest BCUT2D eigenvalue weighted by Crippen LogP contribution is -2.08. The van der Waals surface area contributed by atoms with Crippen LogP contribution < -0.4 is 15.3 Å². The summed E-state index contributed by atoms with van der Waals surface area (Å²) in [6.07, 6.45) is 0. The minimum Gasteiger partial charge on any atom is -0.496 e. The normalized spacial score (nSPS) is 12.1. The molecular weight excluding hydrogens is 219 g/mol. The fourth-order valence-corrected chi connectivity index (χ4v) is 3.04. The van der Waals surface area contributed by atoms with Crippen molar-refractivity contribution in [2.45, 2.75) is 0 Å². The van der Waals surface area contributed by atoms with Crippen LogP contribution in [0.5, 0.6) is 5.75 Å². The molecule has 2 nitrogen and oxygen atoms in total. The second kappa shape index (κ2) is 5.00. The monoisotopic (exact) mass is 232 g/mol. The fraction of sp³-hybridized carbons (Fsp3) is 0.0769. The SMILES string of the molecule is COc1ccccc1[PH](=O)c1ccccc1. The van der Waals surface area contributed by atoms with Crippen LogP contribution in [0.4, 0.5) is 0 Å². The summed E-state index contributed by atoms with van der Waals surface area (Å²) in [5, 5.41) is 1.64. The van der Waals surface area contributed by atoms with Gasteiger partial charge in [-0.25, -0.2) is 0 Å². The van der Waals surface area contributed by atoms with Crippen molar-refractivity contribution in [2.75, 3.05) is 7.11 Å². The third-order valence-corrected chi connectivity index (χ3v) is 4.15. The van der Waals surface area contributed by atoms with Crippen molar-refractivity contribution >= 4 is 18.4 Å². The maximum Gasteiger partial charge on any atom is 0.135 e. The van der Waals surface area contributed by atoms with Crippen LogP contribution in [-0.2, 0) is 4.57 Å². The van der Waals surface area contributed by atoms with E-state index in [1.165, 1.54) is 0 Å². The van der Waals surface area contributed by atoms with Gasteiger partial charge >= 0.3 is 0 Å². The average molecular weight is 232 g/mol. The van der Waals surface area contributed by atoms with Crippen LogP contribution in [0.25, 0.3) is 0 Å². The highest BCUT2D eigenvalue weighted by molar-refractivity contribution is 7.61. The minimum atomic E-state index is -1.96. The van der Waals surface area contributed by atoms with Gasteiger partial charge in [-0.05, 0) is 12.1 Å². The van der Waals surface area contributed by atoms with Gasteiger partial charge in [-0.2, -0.15) is 0 Å². The van der Waals surface area contributed by atoms with Crippen molar-refractivity contribution in [2.24, 2.45) is 0 Å². The zero-order valence-corrected chi connectivity index (χ0v) is 10.0. The van der Waals surface area contributed by atoms with Crippen molar-refractivity contribution in [3.63, 3.8) is 0 Å². The Morgan fingerprint density at radius 2 is 1.56 bits per heavy atom. The first-order valence-electron chi connectivity index (χ1n) is 5.05. The van der Waals surface area contributed by atoms with Crippen LogP contribution in [0, 0.1) is 0 Å². The molecule has 0 radical (unpaired) electrons. The molecule has 0 heterocycles. The number of para-hydroxylation sites is 1. The van der Waals surface area contributed by atoms with Crippen LogP contribution >= 0.6 is 7.80 Å². The summed E-state index contributed by atoms with van der Waals surface area (Å²) in [6, 6.07) is 16.9. The topological polar surface area (TPSA) is 26.3 Å². The van der Waals surface area contributed by atoms with Gasteiger partial charge in [0.2, 0.25) is 0 Å². The van der Waals surface area contributed by atoms with Crippen molar-refractivity contribution in [3.8, 4) is 5.75 Å². The lowest BCUT2D eigenvalue weighted by Gasteiger charge is -2.07. The van der Waals surface area contributed by atoms with E-state index in [1.807, 2.05) is 54.6 Å². The minimum absolute atomic E-state index is 0.690. The van der Waals surface area contributed by atoms with Gasteiger partial charge in [0.05, 0.1) is 12.4 Å². The van der Waals surface area contributed by atoms with Gasteiger partial charge in [0, 0.05) is 5.30 Å². The summed E-state index contributed by atoms with van der Waals surface area (Å²) in [5.41, 5.74) is 0. The molecule has 3 heteroatoms. The third-order valence-electron chi connectivity index (χ3n) is 2.39. The summed E-state index contributed by atoms with van der Waals surface area (Å²) in [5.74, 6) is 0.690. The third kappa shape index (κ3) is 2.17. The van der Waals surface area contributed by atoms with Crippen molar-refractivity contribution in [1.29, 1.82) is 0 Å². The van der Waals surface area contributed by atoms with Gasteiger partial charge < -0.3 is 9.30 Å². The van der Waals surface area contributed by atoms with E-state index in [9.17, 15) is 4.57 Å². The number of ether oxygens (including phenoxy) is 1. The predicted molar refractivity (Wildman–Crippen MR) is 67.7 cm³/mol. The number of rotatable bonds is 3. The van der Waals surface area contributed by atoms with Gasteiger partial charge in [-0.1, -0.05) is 42.5 Å². The summed E-state index contributed by atoms with van der Waals surface area (Å²) in [7, 11) is -0.365. The Morgan fingerprint density at radius 1 is 0.938 bits per heavy atom. The molecule has 1 atom stereocenters. The highest BCUT2D eigenvalue weighted by Crippen LogP contribution is 2.24. The van der Waals surface area contributed by atoms with E-state index in [0.29, 0.717) is 5.75 Å². The van der Waals surface area contributed by atoms with Gasteiger partial charge in [0.1, 0.15) is 13.6 Å². The van der Waals surface area contributed by atoms with E-state index in [0.717, 1.165) is 10.6 Å². The molecule has 0 aromatic heterocycles. The molecule has 0 fully saturated rings. The van der Waals surface area contributed by atoms with Gasteiger partial charge in [-0.3, -0.25) is 0 Å². The number of hydrogen-bond acceptors (Lipinski definition) is 2. The van der Waals surface area contributed by atoms with Crippen molar-refractivity contribution < 1.29 is 9.30 Å². The Bertz CT molecular complexity index is 494. The van der Waals surface area contributed by atoms with Gasteiger partial charge in [0.25, 0.3) is 0 Å². The average Bonchev–Trinajstić information content (AvgIpc) is 2.39. The lowest BCUT2D eigenvalue weighted by molar-refractivity contribution is 0.418. The Morgan fingerprint density at radius 3 is 2.25 bits per heavy atom. The molecule has 0 N–H and O–H groups in total. The first kappa shape index (κ1) is 11.0. The first-order chi connectivity index (χ1) is 7.83. The standard InChI is InChI=1S/C13H13O2P/c1-15-12-9-5-6-10-13(12)16(14)11-7-3-2-4-8-11/h2-10,16H,1H3. The molecule has 82 valence electrons. The van der Waals surface area contributed by atoms with E-state index in [1.54, 1.807) is 7.11 Å². The Kier molecular flexibility index (Phi) is 3.43. The first-order valence-corrected chi connectivity index (χ1v) is 6.46. The molecule has 2 rings (SSSR count). The maximum atomic E-state index is 12.3. The highest BCUT2D eigenvalue weighted by atomic mass is 31.1. The highest BCUT2D eigenvalue weighted by Gasteiger charge is 2.10. The molecule has 0 spiro atoms. The quantitative estimate of drug-likeness (QED) is 0.758. The molecule has 0 saturated carbocycles. The molecular formula is C13H13O2P. The predicted octanol–water partition coefficient (Wildman–Crippen LogP) is 2.21. The second-order valence-corrected chi connectivity index (χ2v) is 5.17. The lowest BCUT2D eigenvalue weighted by atomic mass is 10.3. The fourth-order valence-electron chi connectivity index (χ4n) is 1.58. The van der Waals surface area contributed by atoms with Crippen LogP contribution in [-0.4, -0.2) is 7.11 Å². The van der Waals surface area contributed by atoms with E-state index in [-0.39, 0.29) is 0 Å². The Balaban J connectivity index is 2.42. The zero-order valence-electron chi connectivity index (χ0n) is 9.01. The van der Waals surface area contributed by atoms with Gasteiger partial charge in [-0.15, -0.1) is 0 Å². The molecule has 0 bridgehead atoms. The number of benzene rings is 2. The molecule has 1 unspecified atom stereocenters. The summed E-state index contributed by atoms with van der Waals surface area (Å²) < 4.78 is 17.5. The summed E-state index contributed by atoms with van der Waals surface area (Å²) in [4.78, 5) is 0. The molecule has 0 aliphatic rings. The second-order valence-electron chi connectivity index (χ2n) is 3.40. The van der Waals surface area contributed by atoms with Gasteiger partial charge in [0.15, 0.2) is 0 Å². The van der Waals surface area contributed by atoms with E-state index < -0.39 is 7.80 Å². The molecule has 16 heavy (non-hydrogen) atoms. The van der Waals surface area contributed by atoms with E-state index in [2.05, 4.69) is 0 Å². The summed E-state index contributed by atoms with van der Waals surface area (Å²) >= 11 is 0. The molecule has 0 amide bonds. The largest absolute Gasteiger partial charge is 0.496 e. The smallest absolute Gasteiger partial charge is 0.135 e. The molecule has 0 aliphatic heterocycles. The number of hydrogen-bond donors (Lipinski definition) is 0. The maximum absolute atomic E-state index is 12.3. The van der Waals surface area contributed by atoms with Crippen LogP contribution in [0.3, 0.4) is 0 Å². The molecule has 2 aromatic rings. The Hall–Kier alpha value is -1.53. The van der Waals surface area contributed by atoms with E-state index >= 15 is 0 Å².